The number of aromatic nitrogens is 3. The maximum atomic E-state index is 12.8. The fourth-order valence-electron chi connectivity index (χ4n) is 3.53. The van der Waals surface area contributed by atoms with Crippen molar-refractivity contribution in [1.82, 2.24) is 19.2 Å². The van der Waals surface area contributed by atoms with Gasteiger partial charge in [-0.3, -0.25) is 14.0 Å². The number of carbonyl (C=O) groups excluding carboxylic acids is 1. The summed E-state index contributed by atoms with van der Waals surface area (Å²) < 4.78 is 8.69. The predicted molar refractivity (Wildman–Crippen MR) is 97.6 cm³/mol. The molecule has 0 bridgehead atoms. The van der Waals surface area contributed by atoms with Gasteiger partial charge in [0.25, 0.3) is 5.91 Å². The van der Waals surface area contributed by atoms with Crippen molar-refractivity contribution in [2.45, 2.75) is 32.4 Å². The lowest BCUT2D eigenvalue weighted by Crippen LogP contribution is -2.42. The summed E-state index contributed by atoms with van der Waals surface area (Å²) in [6, 6.07) is 4.98. The fraction of sp³-hybridized carbons (Fsp3) is 0.389. The van der Waals surface area contributed by atoms with E-state index in [9.17, 15) is 9.59 Å². The Kier molecular flexibility index (Phi) is 4.32. The van der Waals surface area contributed by atoms with Gasteiger partial charge in [-0.1, -0.05) is 11.6 Å². The number of piperidine rings is 1. The highest BCUT2D eigenvalue weighted by Crippen LogP contribution is 2.27. The third-order valence-electron chi connectivity index (χ3n) is 4.83. The molecule has 0 spiro atoms. The van der Waals surface area contributed by atoms with E-state index < -0.39 is 5.76 Å². The van der Waals surface area contributed by atoms with Crippen LogP contribution >= 0.6 is 11.6 Å². The highest BCUT2D eigenvalue weighted by Gasteiger charge is 2.28. The number of likely N-dealkylation sites (tertiary alicyclic amines) is 1. The molecule has 1 atom stereocenters. The van der Waals surface area contributed by atoms with Crippen molar-refractivity contribution in [3.63, 3.8) is 0 Å². The Balaban J connectivity index is 1.63. The van der Waals surface area contributed by atoms with Crippen LogP contribution in [0.5, 0.6) is 0 Å². The van der Waals surface area contributed by atoms with Crippen molar-refractivity contribution in [3.05, 3.63) is 51.7 Å². The summed E-state index contributed by atoms with van der Waals surface area (Å²) >= 11 is 6.08. The monoisotopic (exact) mass is 374 g/mol. The molecule has 3 aromatic rings. The van der Waals surface area contributed by atoms with Gasteiger partial charge in [-0.05, 0) is 38.0 Å². The van der Waals surface area contributed by atoms with Crippen LogP contribution in [0.3, 0.4) is 0 Å². The number of aryl methyl sites for hydroxylation is 1. The van der Waals surface area contributed by atoms with Crippen molar-refractivity contribution in [2.75, 3.05) is 13.1 Å². The number of rotatable bonds is 3. The number of nitrogens with zero attached hydrogens (tertiary/aromatic N) is 4. The average Bonchev–Trinajstić information content (AvgIpc) is 3.24. The van der Waals surface area contributed by atoms with Crippen LogP contribution in [0.1, 0.15) is 36.2 Å². The summed E-state index contributed by atoms with van der Waals surface area (Å²) in [5.74, 6) is -0.478. The van der Waals surface area contributed by atoms with Crippen molar-refractivity contribution >= 4 is 28.6 Å². The number of amides is 1. The van der Waals surface area contributed by atoms with E-state index in [-0.39, 0.29) is 11.9 Å². The molecule has 7 nitrogen and oxygen atoms in total. The first-order valence-electron chi connectivity index (χ1n) is 8.69. The summed E-state index contributed by atoms with van der Waals surface area (Å²) in [5, 5.41) is 4.71. The molecule has 8 heteroatoms. The van der Waals surface area contributed by atoms with E-state index in [4.69, 9.17) is 16.0 Å². The van der Waals surface area contributed by atoms with Gasteiger partial charge in [-0.15, -0.1) is 0 Å². The summed E-state index contributed by atoms with van der Waals surface area (Å²) in [6.45, 7) is 3.81. The molecule has 26 heavy (non-hydrogen) atoms. The molecular weight excluding hydrogens is 356 g/mol. The van der Waals surface area contributed by atoms with E-state index in [1.165, 1.54) is 0 Å². The van der Waals surface area contributed by atoms with E-state index in [2.05, 4.69) is 5.10 Å². The number of halogens is 1. The second-order valence-corrected chi connectivity index (χ2v) is 6.92. The van der Waals surface area contributed by atoms with E-state index in [1.807, 2.05) is 6.92 Å². The first-order valence-corrected chi connectivity index (χ1v) is 9.07. The summed E-state index contributed by atoms with van der Waals surface area (Å²) in [7, 11) is 0. The maximum absolute atomic E-state index is 12.8. The lowest BCUT2D eigenvalue weighted by atomic mass is 10.0. The Morgan fingerprint density at radius 1 is 1.42 bits per heavy atom. The van der Waals surface area contributed by atoms with E-state index >= 15 is 0 Å². The largest absolute Gasteiger partial charge is 0.420 e. The van der Waals surface area contributed by atoms with Crippen molar-refractivity contribution in [2.24, 2.45) is 0 Å². The second-order valence-electron chi connectivity index (χ2n) is 6.48. The van der Waals surface area contributed by atoms with E-state index in [0.717, 1.165) is 12.8 Å². The summed E-state index contributed by atoms with van der Waals surface area (Å²) in [6.07, 6.45) is 4.97. The number of hydrogen-bond donors (Lipinski definition) is 0. The molecule has 1 aliphatic heterocycles. The van der Waals surface area contributed by atoms with Crippen LogP contribution in [0.25, 0.3) is 11.1 Å². The standard InChI is InChI=1S/C18H19ClN4O3/c1-2-22-10-12(9-20-22)17(24)21-7-3-4-14(11-21)23-15-8-13(19)5-6-16(15)26-18(23)25/h5-6,8-10,14H,2-4,7,11H2,1H3/t14-/m1/s1. The average molecular weight is 375 g/mol. The summed E-state index contributed by atoms with van der Waals surface area (Å²) in [5.41, 5.74) is 1.74. The van der Waals surface area contributed by atoms with Crippen LogP contribution in [-0.4, -0.2) is 38.2 Å². The van der Waals surface area contributed by atoms with Gasteiger partial charge in [0.2, 0.25) is 0 Å². The smallest absolute Gasteiger partial charge is 0.408 e. The van der Waals surface area contributed by atoms with Gasteiger partial charge < -0.3 is 9.32 Å². The minimum atomic E-state index is -0.416. The van der Waals surface area contributed by atoms with Crippen LogP contribution in [-0.2, 0) is 6.54 Å². The number of oxazole rings is 1. The van der Waals surface area contributed by atoms with Gasteiger partial charge in [0.1, 0.15) is 0 Å². The van der Waals surface area contributed by atoms with E-state index in [0.29, 0.717) is 41.3 Å². The van der Waals surface area contributed by atoms with Crippen molar-refractivity contribution in [3.8, 4) is 0 Å². The van der Waals surface area contributed by atoms with Crippen LogP contribution in [0, 0.1) is 0 Å². The molecule has 0 aliphatic carbocycles. The molecule has 1 amide bonds. The molecule has 1 saturated heterocycles. The molecule has 4 rings (SSSR count). The Morgan fingerprint density at radius 3 is 3.04 bits per heavy atom. The molecule has 0 N–H and O–H groups in total. The molecular formula is C18H19ClN4O3. The predicted octanol–water partition coefficient (Wildman–Crippen LogP) is 2.94. The first-order chi connectivity index (χ1) is 12.6. The lowest BCUT2D eigenvalue weighted by Gasteiger charge is -2.32. The molecule has 3 heterocycles. The number of hydrogen-bond acceptors (Lipinski definition) is 4. The van der Waals surface area contributed by atoms with Gasteiger partial charge in [-0.25, -0.2) is 4.79 Å². The summed E-state index contributed by atoms with van der Waals surface area (Å²) in [4.78, 5) is 26.9. The van der Waals surface area contributed by atoms with Crippen LogP contribution < -0.4 is 5.76 Å². The van der Waals surface area contributed by atoms with Crippen LogP contribution in [0.2, 0.25) is 5.02 Å². The first kappa shape index (κ1) is 16.9. The zero-order chi connectivity index (χ0) is 18.3. The fourth-order valence-corrected chi connectivity index (χ4v) is 3.70. The zero-order valence-electron chi connectivity index (χ0n) is 14.4. The van der Waals surface area contributed by atoms with Crippen molar-refractivity contribution in [1.29, 1.82) is 0 Å². The maximum Gasteiger partial charge on any atom is 0.420 e. The molecule has 136 valence electrons. The lowest BCUT2D eigenvalue weighted by molar-refractivity contribution is 0.0677. The minimum Gasteiger partial charge on any atom is -0.408 e. The van der Waals surface area contributed by atoms with E-state index in [1.54, 1.807) is 44.7 Å². The normalized spacial score (nSPS) is 17.8. The van der Waals surface area contributed by atoms with Gasteiger partial charge in [-0.2, -0.15) is 5.10 Å². The van der Waals surface area contributed by atoms with Gasteiger partial charge in [0, 0.05) is 30.9 Å². The topological polar surface area (TPSA) is 73.3 Å². The second kappa shape index (κ2) is 6.64. The zero-order valence-corrected chi connectivity index (χ0v) is 15.1. The van der Waals surface area contributed by atoms with Crippen molar-refractivity contribution < 1.29 is 9.21 Å². The van der Waals surface area contributed by atoms with Gasteiger partial charge in [0.15, 0.2) is 5.58 Å². The third-order valence-corrected chi connectivity index (χ3v) is 5.06. The molecule has 2 aromatic heterocycles. The Morgan fingerprint density at radius 2 is 2.27 bits per heavy atom. The Hall–Kier alpha value is -2.54. The van der Waals surface area contributed by atoms with Gasteiger partial charge in [0.05, 0.1) is 23.3 Å². The number of fused-ring (bicyclic) bond motifs is 1. The van der Waals surface area contributed by atoms with Crippen LogP contribution in [0.4, 0.5) is 0 Å². The minimum absolute atomic E-state index is 0.0618. The highest BCUT2D eigenvalue weighted by atomic mass is 35.5. The SMILES string of the molecule is CCn1cc(C(=O)N2CCC[C@@H](n3c(=O)oc4ccc(Cl)cc43)C2)cn1. The Bertz CT molecular complexity index is 1020. The Labute approximate surface area is 154 Å². The molecule has 0 radical (unpaired) electrons. The molecule has 0 saturated carbocycles. The number of benzene rings is 1. The quantitative estimate of drug-likeness (QED) is 0.706. The van der Waals surface area contributed by atoms with Gasteiger partial charge >= 0.3 is 5.76 Å². The number of carbonyl (C=O) groups is 1. The molecule has 1 fully saturated rings. The molecule has 1 aliphatic rings. The molecule has 1 aromatic carbocycles. The highest BCUT2D eigenvalue weighted by molar-refractivity contribution is 6.31. The van der Waals surface area contributed by atoms with Crippen LogP contribution in [0.15, 0.2) is 39.8 Å². The third kappa shape index (κ3) is 2.92. The molecule has 0 unspecified atom stereocenters.